The minimum Gasteiger partial charge on any atom is -0.352 e. The number of hydrogen-bond donors (Lipinski definition) is 3. The first-order valence-electron chi connectivity index (χ1n) is 3.20. The van der Waals surface area contributed by atoms with Gasteiger partial charge in [-0.2, -0.15) is 0 Å². The van der Waals surface area contributed by atoms with E-state index < -0.39 is 6.03 Å². The van der Waals surface area contributed by atoms with E-state index in [0.29, 0.717) is 19.6 Å². The van der Waals surface area contributed by atoms with Gasteiger partial charge in [0.1, 0.15) is 0 Å². The van der Waals surface area contributed by atoms with E-state index in [4.69, 9.17) is 5.73 Å². The fraction of sp³-hybridized carbons (Fsp3) is 0.500. The first-order chi connectivity index (χ1) is 5.13. The summed E-state index contributed by atoms with van der Waals surface area (Å²) in [6.45, 7) is 5.55. The van der Waals surface area contributed by atoms with E-state index in [-0.39, 0.29) is 0 Å². The predicted molar refractivity (Wildman–Crippen MR) is 48.5 cm³/mol. The monoisotopic (exact) mass is 221 g/mol. The van der Waals surface area contributed by atoms with Crippen molar-refractivity contribution in [3.05, 3.63) is 11.1 Å². The number of nitrogens with two attached hydrogens (primary N) is 1. The van der Waals surface area contributed by atoms with Crippen LogP contribution in [-0.4, -0.2) is 25.7 Å². The molecule has 0 aromatic carbocycles. The van der Waals surface area contributed by atoms with E-state index in [0.717, 1.165) is 4.48 Å². The average molecular weight is 222 g/mol. The maximum atomic E-state index is 10.2. The normalized spacial score (nSPS) is 9.18. The molecular formula is C6H12BrN3O. The lowest BCUT2D eigenvalue weighted by Gasteiger charge is -2.02. The number of primary amides is 1. The molecule has 0 spiro atoms. The SMILES string of the molecule is C=C(Br)CNCCNC(N)=O. The summed E-state index contributed by atoms with van der Waals surface area (Å²) in [5.41, 5.74) is 4.83. The van der Waals surface area contributed by atoms with E-state index in [1.54, 1.807) is 0 Å². The van der Waals surface area contributed by atoms with Gasteiger partial charge in [-0.1, -0.05) is 22.5 Å². The summed E-state index contributed by atoms with van der Waals surface area (Å²) in [6, 6.07) is -0.496. The molecule has 0 heterocycles. The number of nitrogens with one attached hydrogen (secondary N) is 2. The van der Waals surface area contributed by atoms with Crippen molar-refractivity contribution in [1.29, 1.82) is 0 Å². The zero-order valence-corrected chi connectivity index (χ0v) is 7.78. The Morgan fingerprint density at radius 1 is 1.55 bits per heavy atom. The Morgan fingerprint density at radius 2 is 2.18 bits per heavy atom. The van der Waals surface area contributed by atoms with Gasteiger partial charge in [0.05, 0.1) is 0 Å². The van der Waals surface area contributed by atoms with E-state index in [1.165, 1.54) is 0 Å². The molecule has 0 bridgehead atoms. The van der Waals surface area contributed by atoms with Crippen molar-refractivity contribution < 1.29 is 4.79 Å². The largest absolute Gasteiger partial charge is 0.352 e. The van der Waals surface area contributed by atoms with Crippen LogP contribution >= 0.6 is 15.9 Å². The third-order valence-corrected chi connectivity index (χ3v) is 1.20. The molecule has 0 saturated carbocycles. The first-order valence-corrected chi connectivity index (χ1v) is 3.99. The van der Waals surface area contributed by atoms with Crippen LogP contribution in [0.3, 0.4) is 0 Å². The quantitative estimate of drug-likeness (QED) is 0.580. The van der Waals surface area contributed by atoms with Crippen molar-refractivity contribution in [2.45, 2.75) is 0 Å². The Kier molecular flexibility index (Phi) is 5.87. The van der Waals surface area contributed by atoms with E-state index in [2.05, 4.69) is 33.1 Å². The topological polar surface area (TPSA) is 67.2 Å². The van der Waals surface area contributed by atoms with Crippen molar-refractivity contribution in [2.75, 3.05) is 19.6 Å². The molecule has 2 amide bonds. The fourth-order valence-electron chi connectivity index (χ4n) is 0.498. The maximum Gasteiger partial charge on any atom is 0.312 e. The van der Waals surface area contributed by atoms with Gasteiger partial charge in [-0.15, -0.1) is 0 Å². The Bertz CT molecular complexity index is 133. The van der Waals surface area contributed by atoms with Crippen LogP contribution in [0, 0.1) is 0 Å². The predicted octanol–water partition coefficient (Wildman–Crippen LogP) is 0.153. The molecule has 5 heteroatoms. The van der Waals surface area contributed by atoms with E-state index in [1.807, 2.05) is 0 Å². The summed E-state index contributed by atoms with van der Waals surface area (Å²) in [7, 11) is 0. The molecule has 0 aromatic heterocycles. The van der Waals surface area contributed by atoms with Crippen molar-refractivity contribution in [3.63, 3.8) is 0 Å². The standard InChI is InChI=1S/C6H12BrN3O/c1-5(7)4-9-2-3-10-6(8)11/h9H,1-4H2,(H3,8,10,11). The lowest BCUT2D eigenvalue weighted by Crippen LogP contribution is -2.35. The van der Waals surface area contributed by atoms with Crippen LogP contribution in [0.25, 0.3) is 0 Å². The van der Waals surface area contributed by atoms with Gasteiger partial charge >= 0.3 is 6.03 Å². The Morgan fingerprint density at radius 3 is 2.64 bits per heavy atom. The lowest BCUT2D eigenvalue weighted by atomic mass is 10.5. The Balaban J connectivity index is 3.03. The molecule has 64 valence electrons. The van der Waals surface area contributed by atoms with Crippen LogP contribution in [0.4, 0.5) is 4.79 Å². The van der Waals surface area contributed by atoms with Crippen LogP contribution in [-0.2, 0) is 0 Å². The van der Waals surface area contributed by atoms with Gasteiger partial charge in [0.15, 0.2) is 0 Å². The molecule has 11 heavy (non-hydrogen) atoms. The van der Waals surface area contributed by atoms with Gasteiger partial charge in [0.2, 0.25) is 0 Å². The number of halogens is 1. The molecular weight excluding hydrogens is 210 g/mol. The Hall–Kier alpha value is -0.550. The van der Waals surface area contributed by atoms with E-state index >= 15 is 0 Å². The minimum atomic E-state index is -0.496. The van der Waals surface area contributed by atoms with Crippen molar-refractivity contribution in [2.24, 2.45) is 5.73 Å². The zero-order valence-electron chi connectivity index (χ0n) is 6.19. The highest BCUT2D eigenvalue weighted by Gasteiger charge is 1.90. The van der Waals surface area contributed by atoms with Crippen LogP contribution in [0.15, 0.2) is 11.1 Å². The van der Waals surface area contributed by atoms with Crippen LogP contribution in [0.1, 0.15) is 0 Å². The molecule has 0 aromatic rings. The van der Waals surface area contributed by atoms with Gasteiger partial charge in [-0.05, 0) is 0 Å². The molecule has 0 fully saturated rings. The van der Waals surface area contributed by atoms with Crippen molar-refractivity contribution in [1.82, 2.24) is 10.6 Å². The number of carbonyl (C=O) groups excluding carboxylic acids is 1. The van der Waals surface area contributed by atoms with Gasteiger partial charge in [0, 0.05) is 24.1 Å². The third kappa shape index (κ3) is 9.45. The highest BCUT2D eigenvalue weighted by Crippen LogP contribution is 1.95. The lowest BCUT2D eigenvalue weighted by molar-refractivity contribution is 0.249. The summed E-state index contributed by atoms with van der Waals surface area (Å²) in [5.74, 6) is 0. The van der Waals surface area contributed by atoms with Crippen LogP contribution in [0.2, 0.25) is 0 Å². The molecule has 0 rings (SSSR count). The summed E-state index contributed by atoms with van der Waals surface area (Å²) in [4.78, 5) is 10.2. The van der Waals surface area contributed by atoms with Crippen molar-refractivity contribution in [3.8, 4) is 0 Å². The smallest absolute Gasteiger partial charge is 0.312 e. The average Bonchev–Trinajstić information content (AvgIpc) is 1.85. The summed E-state index contributed by atoms with van der Waals surface area (Å²) in [5, 5.41) is 5.47. The molecule has 0 saturated heterocycles. The van der Waals surface area contributed by atoms with Gasteiger partial charge in [0.25, 0.3) is 0 Å². The second-order valence-corrected chi connectivity index (χ2v) is 3.11. The molecule has 0 unspecified atom stereocenters. The maximum absolute atomic E-state index is 10.2. The number of urea groups is 1. The zero-order chi connectivity index (χ0) is 8.69. The molecule has 0 atom stereocenters. The summed E-state index contributed by atoms with van der Waals surface area (Å²) >= 11 is 3.19. The second kappa shape index (κ2) is 6.18. The molecule has 4 nitrogen and oxygen atoms in total. The van der Waals surface area contributed by atoms with E-state index in [9.17, 15) is 4.79 Å². The molecule has 0 aliphatic heterocycles. The van der Waals surface area contributed by atoms with Crippen LogP contribution < -0.4 is 16.4 Å². The van der Waals surface area contributed by atoms with Crippen molar-refractivity contribution >= 4 is 22.0 Å². The molecule has 0 radical (unpaired) electrons. The highest BCUT2D eigenvalue weighted by atomic mass is 79.9. The minimum absolute atomic E-state index is 0.496. The van der Waals surface area contributed by atoms with Gasteiger partial charge in [-0.25, -0.2) is 4.79 Å². The molecule has 0 aliphatic rings. The number of amides is 2. The fourth-order valence-corrected chi connectivity index (χ4v) is 0.696. The number of hydrogen-bond acceptors (Lipinski definition) is 2. The second-order valence-electron chi connectivity index (χ2n) is 1.99. The highest BCUT2D eigenvalue weighted by molar-refractivity contribution is 9.11. The first kappa shape index (κ1) is 10.4. The summed E-state index contributed by atoms with van der Waals surface area (Å²) < 4.78 is 0.886. The van der Waals surface area contributed by atoms with Gasteiger partial charge < -0.3 is 16.4 Å². The third-order valence-electron chi connectivity index (χ3n) is 0.918. The van der Waals surface area contributed by atoms with Crippen LogP contribution in [0.5, 0.6) is 0 Å². The molecule has 4 N–H and O–H groups in total. The number of rotatable bonds is 5. The number of carbonyl (C=O) groups is 1. The Labute approximate surface area is 74.3 Å². The van der Waals surface area contributed by atoms with Gasteiger partial charge in [-0.3, -0.25) is 0 Å². The molecule has 0 aliphatic carbocycles. The summed E-state index contributed by atoms with van der Waals surface area (Å²) in [6.07, 6.45) is 0.